The predicted octanol–water partition coefficient (Wildman–Crippen LogP) is 3.69. The van der Waals surface area contributed by atoms with E-state index < -0.39 is 17.2 Å². The zero-order chi connectivity index (χ0) is 16.6. The van der Waals surface area contributed by atoms with E-state index in [0.29, 0.717) is 5.69 Å². The summed E-state index contributed by atoms with van der Waals surface area (Å²) in [6, 6.07) is 11.2. The van der Waals surface area contributed by atoms with Gasteiger partial charge in [-0.2, -0.15) is 0 Å². The van der Waals surface area contributed by atoms with E-state index in [0.717, 1.165) is 4.47 Å². The maximum Gasteiger partial charge on any atom is 0.261 e. The number of aromatic nitrogens is 1. The van der Waals surface area contributed by atoms with Crippen LogP contribution in [0.2, 0.25) is 0 Å². The van der Waals surface area contributed by atoms with E-state index in [1.54, 1.807) is 31.3 Å². The Morgan fingerprint density at radius 1 is 1.17 bits per heavy atom. The third kappa shape index (κ3) is 2.90. The fraction of sp³-hybridized carbons (Fsp3) is 0.0588. The van der Waals surface area contributed by atoms with E-state index in [-0.39, 0.29) is 16.5 Å². The first-order valence-corrected chi connectivity index (χ1v) is 7.61. The molecule has 6 heteroatoms. The molecule has 116 valence electrons. The van der Waals surface area contributed by atoms with E-state index in [9.17, 15) is 14.0 Å². The van der Waals surface area contributed by atoms with Crippen molar-refractivity contribution in [2.75, 3.05) is 5.32 Å². The summed E-state index contributed by atoms with van der Waals surface area (Å²) >= 11 is 3.31. The second-order valence-corrected chi connectivity index (χ2v) is 6.00. The van der Waals surface area contributed by atoms with Crippen molar-refractivity contribution in [3.63, 3.8) is 0 Å². The fourth-order valence-corrected chi connectivity index (χ4v) is 2.68. The minimum Gasteiger partial charge on any atom is -0.347 e. The molecule has 23 heavy (non-hydrogen) atoms. The number of rotatable bonds is 2. The number of para-hydroxylation sites is 1. The molecule has 3 aromatic rings. The standard InChI is InChI=1S/C17H12BrFN2O2/c1-21-9-13(16(22)12-3-2-4-14(19)15(12)21)17(23)20-11-7-5-10(18)6-8-11/h2-9H,1H3,(H,20,23). The van der Waals surface area contributed by atoms with Crippen LogP contribution in [0.15, 0.2) is 57.9 Å². The van der Waals surface area contributed by atoms with Gasteiger partial charge in [-0.05, 0) is 36.4 Å². The molecular formula is C17H12BrFN2O2. The number of nitrogens with one attached hydrogen (secondary N) is 1. The number of nitrogens with zero attached hydrogens (tertiary/aromatic N) is 1. The zero-order valence-corrected chi connectivity index (χ0v) is 13.7. The van der Waals surface area contributed by atoms with Crippen LogP contribution in [0.3, 0.4) is 0 Å². The van der Waals surface area contributed by atoms with Crippen LogP contribution in [0.1, 0.15) is 10.4 Å². The highest BCUT2D eigenvalue weighted by atomic mass is 79.9. The van der Waals surface area contributed by atoms with Crippen LogP contribution >= 0.6 is 15.9 Å². The number of halogens is 2. The summed E-state index contributed by atoms with van der Waals surface area (Å²) in [4.78, 5) is 24.8. The normalized spacial score (nSPS) is 10.7. The average Bonchev–Trinajstić information content (AvgIpc) is 2.52. The van der Waals surface area contributed by atoms with E-state index in [1.165, 1.54) is 29.0 Å². The fourth-order valence-electron chi connectivity index (χ4n) is 2.41. The summed E-state index contributed by atoms with van der Waals surface area (Å²) in [5.74, 6) is -1.03. The molecule has 0 spiro atoms. The summed E-state index contributed by atoms with van der Waals surface area (Å²) < 4.78 is 16.2. The second-order valence-electron chi connectivity index (χ2n) is 5.08. The molecule has 0 fully saturated rings. The highest BCUT2D eigenvalue weighted by molar-refractivity contribution is 9.10. The van der Waals surface area contributed by atoms with Gasteiger partial charge in [-0.25, -0.2) is 4.39 Å². The van der Waals surface area contributed by atoms with Crippen molar-refractivity contribution in [3.8, 4) is 0 Å². The molecule has 0 aliphatic carbocycles. The van der Waals surface area contributed by atoms with Gasteiger partial charge in [0.15, 0.2) is 0 Å². The van der Waals surface area contributed by atoms with Gasteiger partial charge in [-0.15, -0.1) is 0 Å². The molecule has 0 atom stereocenters. The van der Waals surface area contributed by atoms with Crippen molar-refractivity contribution in [3.05, 3.63) is 74.7 Å². The van der Waals surface area contributed by atoms with E-state index in [2.05, 4.69) is 21.2 Å². The second kappa shape index (κ2) is 5.96. The number of carbonyl (C=O) groups excluding carboxylic acids is 1. The van der Waals surface area contributed by atoms with Crippen LogP contribution in [0.4, 0.5) is 10.1 Å². The van der Waals surface area contributed by atoms with Gasteiger partial charge in [0, 0.05) is 28.8 Å². The predicted molar refractivity (Wildman–Crippen MR) is 91.2 cm³/mol. The van der Waals surface area contributed by atoms with Crippen molar-refractivity contribution < 1.29 is 9.18 Å². The van der Waals surface area contributed by atoms with Gasteiger partial charge < -0.3 is 9.88 Å². The lowest BCUT2D eigenvalue weighted by molar-refractivity contribution is 0.102. The highest BCUT2D eigenvalue weighted by Crippen LogP contribution is 2.17. The van der Waals surface area contributed by atoms with Crippen LogP contribution in [0.25, 0.3) is 10.9 Å². The first-order chi connectivity index (χ1) is 11.0. The molecule has 1 N–H and O–H groups in total. The summed E-state index contributed by atoms with van der Waals surface area (Å²) in [6.07, 6.45) is 1.35. The molecule has 1 heterocycles. The molecule has 0 saturated heterocycles. The highest BCUT2D eigenvalue weighted by Gasteiger charge is 2.16. The number of fused-ring (bicyclic) bond motifs is 1. The van der Waals surface area contributed by atoms with Crippen LogP contribution < -0.4 is 10.7 Å². The molecule has 0 unspecified atom stereocenters. The Morgan fingerprint density at radius 3 is 2.57 bits per heavy atom. The zero-order valence-electron chi connectivity index (χ0n) is 12.1. The molecule has 0 bridgehead atoms. The van der Waals surface area contributed by atoms with Crippen molar-refractivity contribution in [2.45, 2.75) is 0 Å². The molecule has 2 aromatic carbocycles. The molecule has 0 aliphatic heterocycles. The molecule has 0 saturated carbocycles. The first kappa shape index (κ1) is 15.4. The average molecular weight is 375 g/mol. The molecule has 1 aromatic heterocycles. The first-order valence-electron chi connectivity index (χ1n) is 6.82. The summed E-state index contributed by atoms with van der Waals surface area (Å²) in [5.41, 5.74) is 0.220. The van der Waals surface area contributed by atoms with E-state index >= 15 is 0 Å². The summed E-state index contributed by atoms with van der Waals surface area (Å²) in [5, 5.41) is 2.84. The number of hydrogen-bond donors (Lipinski definition) is 1. The lowest BCUT2D eigenvalue weighted by atomic mass is 10.1. The third-order valence-electron chi connectivity index (χ3n) is 3.50. The third-order valence-corrected chi connectivity index (χ3v) is 4.03. The Morgan fingerprint density at radius 2 is 1.87 bits per heavy atom. The number of hydrogen-bond acceptors (Lipinski definition) is 2. The SMILES string of the molecule is Cn1cc(C(=O)Nc2ccc(Br)cc2)c(=O)c2cccc(F)c21. The number of aryl methyl sites for hydroxylation is 1. The molecule has 4 nitrogen and oxygen atoms in total. The van der Waals surface area contributed by atoms with Crippen LogP contribution in [0.5, 0.6) is 0 Å². The van der Waals surface area contributed by atoms with Gasteiger partial charge in [0.05, 0.1) is 5.52 Å². The van der Waals surface area contributed by atoms with Crippen molar-refractivity contribution in [1.29, 1.82) is 0 Å². The number of pyridine rings is 1. The van der Waals surface area contributed by atoms with Crippen LogP contribution in [0, 0.1) is 5.82 Å². The number of carbonyl (C=O) groups is 1. The Kier molecular flexibility index (Phi) is 4.00. The number of amides is 1. The number of benzene rings is 2. The Balaban J connectivity index is 2.06. The van der Waals surface area contributed by atoms with Crippen LogP contribution in [-0.2, 0) is 7.05 Å². The van der Waals surface area contributed by atoms with Gasteiger partial charge in [0.25, 0.3) is 5.91 Å². The monoisotopic (exact) mass is 374 g/mol. The van der Waals surface area contributed by atoms with Gasteiger partial charge in [-0.3, -0.25) is 9.59 Å². The maximum absolute atomic E-state index is 13.9. The molecule has 1 amide bonds. The summed E-state index contributed by atoms with van der Waals surface area (Å²) in [7, 11) is 1.60. The molecule has 0 aliphatic rings. The van der Waals surface area contributed by atoms with Gasteiger partial charge in [-0.1, -0.05) is 22.0 Å². The Labute approximate surface area is 139 Å². The largest absolute Gasteiger partial charge is 0.347 e. The van der Waals surface area contributed by atoms with E-state index in [4.69, 9.17) is 0 Å². The van der Waals surface area contributed by atoms with Crippen molar-refractivity contribution in [2.24, 2.45) is 7.05 Å². The van der Waals surface area contributed by atoms with E-state index in [1.807, 2.05) is 0 Å². The maximum atomic E-state index is 13.9. The van der Waals surface area contributed by atoms with Crippen LogP contribution in [-0.4, -0.2) is 10.5 Å². The van der Waals surface area contributed by atoms with Gasteiger partial charge in [0.2, 0.25) is 5.43 Å². The van der Waals surface area contributed by atoms with Gasteiger partial charge in [0.1, 0.15) is 11.4 Å². The lowest BCUT2D eigenvalue weighted by Crippen LogP contribution is -2.23. The lowest BCUT2D eigenvalue weighted by Gasteiger charge is -2.10. The quantitative estimate of drug-likeness (QED) is 0.743. The molecular weight excluding hydrogens is 363 g/mol. The topological polar surface area (TPSA) is 51.1 Å². The summed E-state index contributed by atoms with van der Waals surface area (Å²) in [6.45, 7) is 0. The Bertz CT molecular complexity index is 965. The van der Waals surface area contributed by atoms with Gasteiger partial charge >= 0.3 is 0 Å². The smallest absolute Gasteiger partial charge is 0.261 e. The minimum atomic E-state index is -0.529. The minimum absolute atomic E-state index is 0.0338. The molecule has 0 radical (unpaired) electrons. The molecule has 3 rings (SSSR count). The Hall–Kier alpha value is -2.47. The van der Waals surface area contributed by atoms with Crippen molar-refractivity contribution in [1.82, 2.24) is 4.57 Å². The van der Waals surface area contributed by atoms with Crippen molar-refractivity contribution >= 4 is 38.4 Å². The number of anilines is 1.